The van der Waals surface area contributed by atoms with Gasteiger partial charge in [-0.15, -0.1) is 5.23 Å². The molecule has 0 aromatic heterocycles. The quantitative estimate of drug-likeness (QED) is 0.624. The first-order valence-electron chi connectivity index (χ1n) is 3.15. The first-order valence-corrected chi connectivity index (χ1v) is 3.15. The van der Waals surface area contributed by atoms with Crippen molar-refractivity contribution in [2.75, 3.05) is 5.23 Å². The highest BCUT2D eigenvalue weighted by Gasteiger charge is 1.96. The minimum absolute atomic E-state index is 0.0493. The van der Waals surface area contributed by atoms with Crippen LogP contribution in [0.15, 0.2) is 24.3 Å². The van der Waals surface area contributed by atoms with E-state index in [0.29, 0.717) is 5.69 Å². The van der Waals surface area contributed by atoms with Gasteiger partial charge in [-0.1, -0.05) is 12.1 Å². The van der Waals surface area contributed by atoms with Crippen LogP contribution in [0.5, 0.6) is 0 Å². The van der Waals surface area contributed by atoms with E-state index in [2.05, 4.69) is 0 Å². The summed E-state index contributed by atoms with van der Waals surface area (Å²) in [6.45, 7) is 0.205. The molecule has 0 fully saturated rings. The van der Waals surface area contributed by atoms with Crippen LogP contribution in [-0.2, 0) is 6.54 Å². The molecule has 0 heterocycles. The van der Waals surface area contributed by atoms with E-state index in [4.69, 9.17) is 16.1 Å². The van der Waals surface area contributed by atoms with Crippen LogP contribution in [0.4, 0.5) is 5.69 Å². The average molecular weight is 153 g/mol. The van der Waals surface area contributed by atoms with Crippen molar-refractivity contribution in [2.24, 2.45) is 0 Å². The van der Waals surface area contributed by atoms with Gasteiger partial charge in [0.25, 0.3) is 0 Å². The van der Waals surface area contributed by atoms with Gasteiger partial charge in [-0.2, -0.15) is 0 Å². The van der Waals surface area contributed by atoms with Crippen molar-refractivity contribution in [1.29, 1.82) is 0 Å². The van der Waals surface area contributed by atoms with Crippen LogP contribution in [0, 0.1) is 0 Å². The van der Waals surface area contributed by atoms with Gasteiger partial charge in [0.05, 0.1) is 5.69 Å². The Morgan fingerprint density at radius 3 is 2.09 bits per heavy atom. The molecule has 0 saturated carbocycles. The van der Waals surface area contributed by atoms with Crippen LogP contribution in [0.1, 0.15) is 5.56 Å². The Balaban J connectivity index is 2.83. The van der Waals surface area contributed by atoms with Crippen molar-refractivity contribution < 1.29 is 10.4 Å². The average Bonchev–Trinajstić information content (AvgIpc) is 2.05. The normalized spacial score (nSPS) is 9.73. The van der Waals surface area contributed by atoms with Gasteiger partial charge < -0.3 is 0 Å². The Morgan fingerprint density at radius 1 is 1.18 bits per heavy atom. The Morgan fingerprint density at radius 2 is 1.73 bits per heavy atom. The van der Waals surface area contributed by atoms with Crippen LogP contribution in [0.25, 0.3) is 0 Å². The standard InChI is InChI=1S/C7H9N2O2/c8-5-6-1-3-7(4-2-6)9(10)11/h1-4,8,10-11H,5H2. The predicted octanol–water partition coefficient (Wildman–Crippen LogP) is 1.05. The van der Waals surface area contributed by atoms with Crippen molar-refractivity contribution in [3.63, 3.8) is 0 Å². The van der Waals surface area contributed by atoms with Gasteiger partial charge >= 0.3 is 0 Å². The topological polar surface area (TPSA) is 67.5 Å². The Labute approximate surface area is 64.4 Å². The van der Waals surface area contributed by atoms with E-state index in [0.717, 1.165) is 5.56 Å². The van der Waals surface area contributed by atoms with E-state index in [1.54, 1.807) is 12.1 Å². The summed E-state index contributed by atoms with van der Waals surface area (Å²) in [5, 5.41) is 17.1. The minimum Gasteiger partial charge on any atom is -0.264 e. The van der Waals surface area contributed by atoms with Gasteiger partial charge in [0.15, 0.2) is 0 Å². The summed E-state index contributed by atoms with van der Waals surface area (Å²) in [6, 6.07) is 6.40. The number of benzene rings is 1. The van der Waals surface area contributed by atoms with Crippen molar-refractivity contribution in [3.8, 4) is 0 Å². The Kier molecular flexibility index (Phi) is 2.43. The number of hydrogen-bond acceptors (Lipinski definition) is 3. The van der Waals surface area contributed by atoms with Gasteiger partial charge in [-0.25, -0.2) is 0 Å². The fourth-order valence-corrected chi connectivity index (χ4v) is 0.747. The fraction of sp³-hybridized carbons (Fsp3) is 0.143. The van der Waals surface area contributed by atoms with Crippen LogP contribution >= 0.6 is 0 Å². The molecule has 4 nitrogen and oxygen atoms in total. The van der Waals surface area contributed by atoms with Crippen LogP contribution in [0.3, 0.4) is 0 Å². The second-order valence-corrected chi connectivity index (χ2v) is 2.13. The smallest absolute Gasteiger partial charge is 0.0942 e. The summed E-state index contributed by atoms with van der Waals surface area (Å²) in [5.41, 5.74) is 8.12. The van der Waals surface area contributed by atoms with E-state index in [1.807, 2.05) is 0 Å². The minimum atomic E-state index is 0.0493. The SMILES string of the molecule is [NH]Cc1ccc(N(O)O)cc1. The monoisotopic (exact) mass is 153 g/mol. The molecular formula is C7H9N2O2. The maximum atomic E-state index is 8.53. The zero-order valence-corrected chi connectivity index (χ0v) is 5.86. The van der Waals surface area contributed by atoms with Gasteiger partial charge in [0.2, 0.25) is 0 Å². The molecular weight excluding hydrogens is 144 g/mol. The first kappa shape index (κ1) is 8.00. The highest BCUT2D eigenvalue weighted by Crippen LogP contribution is 2.11. The molecule has 1 aromatic carbocycles. The van der Waals surface area contributed by atoms with Crippen molar-refractivity contribution in [1.82, 2.24) is 5.73 Å². The number of rotatable bonds is 2. The fourth-order valence-electron chi connectivity index (χ4n) is 0.747. The third-order valence-electron chi connectivity index (χ3n) is 1.37. The molecule has 4 heteroatoms. The second-order valence-electron chi connectivity index (χ2n) is 2.13. The Hall–Kier alpha value is -1.10. The van der Waals surface area contributed by atoms with E-state index in [-0.39, 0.29) is 11.8 Å². The van der Waals surface area contributed by atoms with E-state index < -0.39 is 0 Å². The summed E-state index contributed by atoms with van der Waals surface area (Å²) >= 11 is 0. The Bertz CT molecular complexity index is 220. The maximum absolute atomic E-state index is 8.53. The summed E-state index contributed by atoms with van der Waals surface area (Å²) in [7, 11) is 0. The molecule has 0 aliphatic carbocycles. The predicted molar refractivity (Wildman–Crippen MR) is 39.3 cm³/mol. The molecule has 1 radical (unpaired) electrons. The molecule has 0 amide bonds. The van der Waals surface area contributed by atoms with Crippen molar-refractivity contribution in [2.45, 2.75) is 6.54 Å². The largest absolute Gasteiger partial charge is 0.264 e. The lowest BCUT2D eigenvalue weighted by Crippen LogP contribution is -2.10. The third kappa shape index (κ3) is 1.91. The summed E-state index contributed by atoms with van der Waals surface area (Å²) < 4.78 is 0. The summed E-state index contributed by atoms with van der Waals surface area (Å²) in [4.78, 5) is 0. The molecule has 0 saturated heterocycles. The van der Waals surface area contributed by atoms with Crippen LogP contribution in [0.2, 0.25) is 0 Å². The molecule has 3 N–H and O–H groups in total. The molecule has 1 rings (SSSR count). The van der Waals surface area contributed by atoms with Gasteiger partial charge in [0, 0.05) is 6.54 Å². The molecule has 1 aromatic rings. The summed E-state index contributed by atoms with van der Waals surface area (Å²) in [6.07, 6.45) is 0. The number of nitrogens with one attached hydrogen (secondary N) is 1. The molecule has 59 valence electrons. The molecule has 0 aliphatic heterocycles. The molecule has 0 aliphatic rings. The first-order chi connectivity index (χ1) is 5.24. The van der Waals surface area contributed by atoms with E-state index in [9.17, 15) is 0 Å². The van der Waals surface area contributed by atoms with E-state index in [1.165, 1.54) is 12.1 Å². The second kappa shape index (κ2) is 3.34. The van der Waals surface area contributed by atoms with Gasteiger partial charge in [0.1, 0.15) is 0 Å². The molecule has 0 spiro atoms. The number of anilines is 1. The third-order valence-corrected chi connectivity index (χ3v) is 1.37. The molecule has 11 heavy (non-hydrogen) atoms. The maximum Gasteiger partial charge on any atom is 0.0942 e. The zero-order chi connectivity index (χ0) is 8.27. The van der Waals surface area contributed by atoms with Crippen molar-refractivity contribution in [3.05, 3.63) is 29.8 Å². The number of nitrogens with zero attached hydrogens (tertiary/aromatic N) is 1. The number of hydrogen-bond donors (Lipinski definition) is 2. The van der Waals surface area contributed by atoms with Gasteiger partial charge in [-0.05, 0) is 17.7 Å². The lowest BCUT2D eigenvalue weighted by atomic mass is 10.2. The van der Waals surface area contributed by atoms with Crippen molar-refractivity contribution >= 4 is 5.69 Å². The lowest BCUT2D eigenvalue weighted by Gasteiger charge is -2.07. The summed E-state index contributed by atoms with van der Waals surface area (Å²) in [5.74, 6) is 0. The highest BCUT2D eigenvalue weighted by atomic mass is 16.8. The van der Waals surface area contributed by atoms with Gasteiger partial charge in [-0.3, -0.25) is 16.1 Å². The molecule has 0 atom stereocenters. The molecule has 0 unspecified atom stereocenters. The van der Waals surface area contributed by atoms with Crippen LogP contribution in [-0.4, -0.2) is 10.4 Å². The zero-order valence-electron chi connectivity index (χ0n) is 5.86. The highest BCUT2D eigenvalue weighted by molar-refractivity contribution is 5.42. The van der Waals surface area contributed by atoms with E-state index >= 15 is 0 Å². The van der Waals surface area contributed by atoms with Crippen LogP contribution < -0.4 is 11.0 Å². The molecule has 0 bridgehead atoms. The lowest BCUT2D eigenvalue weighted by molar-refractivity contribution is 0.0291.